The van der Waals surface area contributed by atoms with E-state index in [9.17, 15) is 0 Å². The van der Waals surface area contributed by atoms with Crippen molar-refractivity contribution in [3.63, 3.8) is 0 Å². The molecule has 0 fully saturated rings. The molecule has 2 heteroatoms. The smallest absolute Gasteiger partial charge is 0.0432 e. The molecule has 1 N–H and O–H groups in total. The predicted molar refractivity (Wildman–Crippen MR) is 47.6 cm³/mol. The number of hydrogen-bond acceptors (Lipinski definition) is 1. The van der Waals surface area contributed by atoms with Gasteiger partial charge in [-0.3, -0.25) is 0 Å². The molecule has 0 aromatic carbocycles. The second kappa shape index (κ2) is 5.75. The van der Waals surface area contributed by atoms with E-state index >= 15 is 0 Å². The van der Waals surface area contributed by atoms with Crippen molar-refractivity contribution in [2.24, 2.45) is 0 Å². The number of allylic oxidation sites excluding steroid dienone is 1. The van der Waals surface area contributed by atoms with E-state index in [-0.39, 0.29) is 5.38 Å². The molecule has 0 aliphatic carbocycles. The molecule has 0 aromatic heterocycles. The van der Waals surface area contributed by atoms with Gasteiger partial charge in [0, 0.05) is 18.5 Å². The van der Waals surface area contributed by atoms with Gasteiger partial charge in [0.2, 0.25) is 0 Å². The van der Waals surface area contributed by atoms with Crippen LogP contribution in [0.25, 0.3) is 0 Å². The lowest BCUT2D eigenvalue weighted by atomic mass is 10.3. The molecule has 0 amide bonds. The van der Waals surface area contributed by atoms with Crippen molar-refractivity contribution in [1.82, 2.24) is 5.32 Å². The molecule has 0 heterocycles. The summed E-state index contributed by atoms with van der Waals surface area (Å²) >= 11 is 5.71. The largest absolute Gasteiger partial charge is 0.312 e. The van der Waals surface area contributed by atoms with Crippen LogP contribution in [0.2, 0.25) is 0 Å². The Morgan fingerprint density at radius 2 is 2.20 bits per heavy atom. The van der Waals surface area contributed by atoms with Gasteiger partial charge in [0.05, 0.1) is 0 Å². The maximum atomic E-state index is 5.71. The van der Waals surface area contributed by atoms with Gasteiger partial charge in [-0.05, 0) is 20.8 Å². The van der Waals surface area contributed by atoms with Crippen LogP contribution in [0.4, 0.5) is 0 Å². The fourth-order valence-electron chi connectivity index (χ4n) is 0.559. The highest BCUT2D eigenvalue weighted by Crippen LogP contribution is 1.90. The third-order valence-electron chi connectivity index (χ3n) is 1.08. The lowest BCUT2D eigenvalue weighted by Crippen LogP contribution is -2.21. The van der Waals surface area contributed by atoms with E-state index in [0.717, 1.165) is 13.1 Å². The number of rotatable bonds is 4. The summed E-state index contributed by atoms with van der Waals surface area (Å²) in [5.74, 6) is 0. The molecular weight excluding hydrogens is 146 g/mol. The molecule has 1 unspecified atom stereocenters. The first-order valence-electron chi connectivity index (χ1n) is 3.61. The Hall–Kier alpha value is -0.0100. The van der Waals surface area contributed by atoms with Crippen molar-refractivity contribution >= 4 is 11.6 Å². The van der Waals surface area contributed by atoms with E-state index in [1.165, 1.54) is 5.57 Å². The summed E-state index contributed by atoms with van der Waals surface area (Å²) < 4.78 is 0. The number of nitrogens with one attached hydrogen (secondary N) is 1. The van der Waals surface area contributed by atoms with Gasteiger partial charge >= 0.3 is 0 Å². The van der Waals surface area contributed by atoms with Crippen LogP contribution >= 0.6 is 11.6 Å². The Kier molecular flexibility index (Phi) is 5.74. The average molecular weight is 162 g/mol. The van der Waals surface area contributed by atoms with Gasteiger partial charge in [0.15, 0.2) is 0 Å². The van der Waals surface area contributed by atoms with Crippen molar-refractivity contribution < 1.29 is 0 Å². The quantitative estimate of drug-likeness (QED) is 0.379. The van der Waals surface area contributed by atoms with E-state index in [4.69, 9.17) is 11.6 Å². The number of halogens is 1. The maximum Gasteiger partial charge on any atom is 0.0432 e. The minimum absolute atomic E-state index is 0.227. The second-order valence-corrected chi connectivity index (χ2v) is 3.47. The fourth-order valence-corrected chi connectivity index (χ4v) is 0.668. The van der Waals surface area contributed by atoms with E-state index in [0.29, 0.717) is 0 Å². The first-order valence-corrected chi connectivity index (χ1v) is 4.04. The van der Waals surface area contributed by atoms with Crippen molar-refractivity contribution in [1.29, 1.82) is 0 Å². The van der Waals surface area contributed by atoms with E-state index in [1.54, 1.807) is 0 Å². The van der Waals surface area contributed by atoms with Gasteiger partial charge < -0.3 is 5.32 Å². The van der Waals surface area contributed by atoms with Crippen molar-refractivity contribution in [2.45, 2.75) is 26.1 Å². The highest BCUT2D eigenvalue weighted by molar-refractivity contribution is 6.20. The normalized spacial score (nSPS) is 12.8. The second-order valence-electron chi connectivity index (χ2n) is 2.72. The van der Waals surface area contributed by atoms with E-state index < -0.39 is 0 Å². The van der Waals surface area contributed by atoms with Gasteiger partial charge in [-0.15, -0.1) is 11.6 Å². The Labute approximate surface area is 68.5 Å². The Morgan fingerprint density at radius 3 is 2.60 bits per heavy atom. The fraction of sp³-hybridized carbons (Fsp3) is 0.750. The third kappa shape index (κ3) is 7.99. The van der Waals surface area contributed by atoms with Crippen LogP contribution in [-0.2, 0) is 0 Å². The Morgan fingerprint density at radius 1 is 1.60 bits per heavy atom. The zero-order chi connectivity index (χ0) is 7.98. The van der Waals surface area contributed by atoms with Crippen molar-refractivity contribution in [2.75, 3.05) is 13.1 Å². The standard InChI is InChI=1S/C8H16ClN/c1-7(2)4-5-10-6-8(3)9/h4,8,10H,5-6H2,1-3H3. The summed E-state index contributed by atoms with van der Waals surface area (Å²) in [6.45, 7) is 7.97. The Bertz CT molecular complexity index is 104. The topological polar surface area (TPSA) is 12.0 Å². The molecule has 1 atom stereocenters. The maximum absolute atomic E-state index is 5.71. The molecule has 0 saturated carbocycles. The molecular formula is C8H16ClN. The zero-order valence-corrected chi connectivity index (χ0v) is 7.70. The summed E-state index contributed by atoms with van der Waals surface area (Å²) in [7, 11) is 0. The minimum Gasteiger partial charge on any atom is -0.312 e. The summed E-state index contributed by atoms with van der Waals surface area (Å²) in [4.78, 5) is 0. The minimum atomic E-state index is 0.227. The molecule has 1 nitrogen and oxygen atoms in total. The van der Waals surface area contributed by atoms with E-state index in [1.807, 2.05) is 6.92 Å². The van der Waals surface area contributed by atoms with Crippen molar-refractivity contribution in [3.8, 4) is 0 Å². The first-order chi connectivity index (χ1) is 4.63. The van der Waals surface area contributed by atoms with Gasteiger partial charge in [-0.1, -0.05) is 11.6 Å². The molecule has 0 aliphatic heterocycles. The number of alkyl halides is 1. The van der Waals surface area contributed by atoms with Crippen LogP contribution < -0.4 is 5.32 Å². The van der Waals surface area contributed by atoms with Crippen LogP contribution in [0.3, 0.4) is 0 Å². The van der Waals surface area contributed by atoms with E-state index in [2.05, 4.69) is 25.2 Å². The first kappa shape index (κ1) is 9.99. The monoisotopic (exact) mass is 161 g/mol. The molecule has 60 valence electrons. The van der Waals surface area contributed by atoms with Crippen LogP contribution in [-0.4, -0.2) is 18.5 Å². The SMILES string of the molecule is CC(C)=CCNCC(C)Cl. The van der Waals surface area contributed by atoms with Gasteiger partial charge in [0.1, 0.15) is 0 Å². The molecule has 0 aliphatic rings. The molecule has 0 aromatic rings. The molecule has 10 heavy (non-hydrogen) atoms. The average Bonchev–Trinajstić information content (AvgIpc) is 1.79. The summed E-state index contributed by atoms with van der Waals surface area (Å²) in [5, 5.41) is 3.44. The highest BCUT2D eigenvalue weighted by atomic mass is 35.5. The van der Waals surface area contributed by atoms with Crippen molar-refractivity contribution in [3.05, 3.63) is 11.6 Å². The predicted octanol–water partition coefficient (Wildman–Crippen LogP) is 2.17. The number of hydrogen-bond donors (Lipinski definition) is 1. The van der Waals surface area contributed by atoms with Crippen LogP contribution in [0, 0.1) is 0 Å². The molecule has 0 bridgehead atoms. The molecule has 0 saturated heterocycles. The lowest BCUT2D eigenvalue weighted by Gasteiger charge is -2.02. The van der Waals surface area contributed by atoms with Crippen LogP contribution in [0.1, 0.15) is 20.8 Å². The molecule has 0 rings (SSSR count). The third-order valence-corrected chi connectivity index (χ3v) is 1.23. The molecule has 0 radical (unpaired) electrons. The van der Waals surface area contributed by atoms with Crippen LogP contribution in [0.5, 0.6) is 0 Å². The zero-order valence-electron chi connectivity index (χ0n) is 6.95. The van der Waals surface area contributed by atoms with Crippen LogP contribution in [0.15, 0.2) is 11.6 Å². The highest BCUT2D eigenvalue weighted by Gasteiger charge is 1.91. The molecule has 0 spiro atoms. The van der Waals surface area contributed by atoms with Gasteiger partial charge in [-0.25, -0.2) is 0 Å². The Balaban J connectivity index is 3.13. The van der Waals surface area contributed by atoms with Gasteiger partial charge in [-0.2, -0.15) is 0 Å². The summed E-state index contributed by atoms with van der Waals surface area (Å²) in [5.41, 5.74) is 1.34. The van der Waals surface area contributed by atoms with Gasteiger partial charge in [0.25, 0.3) is 0 Å². The lowest BCUT2D eigenvalue weighted by molar-refractivity contribution is 0.732. The summed E-state index contributed by atoms with van der Waals surface area (Å²) in [6.07, 6.45) is 2.15. The summed E-state index contributed by atoms with van der Waals surface area (Å²) in [6, 6.07) is 0.